The van der Waals surface area contributed by atoms with E-state index < -0.39 is 0 Å². The molecule has 0 radical (unpaired) electrons. The summed E-state index contributed by atoms with van der Waals surface area (Å²) in [6, 6.07) is 8.31. The largest absolute Gasteiger partial charge is 0.335 e. The van der Waals surface area contributed by atoms with Crippen molar-refractivity contribution in [3.8, 4) is 0 Å². The third-order valence-electron chi connectivity index (χ3n) is 3.49. The Kier molecular flexibility index (Phi) is 4.40. The maximum absolute atomic E-state index is 12.2. The van der Waals surface area contributed by atoms with Crippen molar-refractivity contribution in [1.29, 1.82) is 0 Å². The summed E-state index contributed by atoms with van der Waals surface area (Å²) in [5, 5.41) is 3.24. The van der Waals surface area contributed by atoms with Crippen LogP contribution in [0.4, 0.5) is 0 Å². The molecule has 1 fully saturated rings. The lowest BCUT2D eigenvalue weighted by Crippen LogP contribution is -2.39. The lowest BCUT2D eigenvalue weighted by atomic mass is 10.1. The molecule has 1 aromatic rings. The molecule has 1 N–H and O–H groups in total. The summed E-state index contributed by atoms with van der Waals surface area (Å²) in [7, 11) is 0. The van der Waals surface area contributed by atoms with Crippen molar-refractivity contribution < 1.29 is 4.79 Å². The Balaban J connectivity index is 2.11. The molecule has 0 bridgehead atoms. The van der Waals surface area contributed by atoms with Gasteiger partial charge in [-0.3, -0.25) is 4.79 Å². The highest BCUT2D eigenvalue weighted by Crippen LogP contribution is 2.27. The molecular weight excluding hydrogens is 292 g/mol. The zero-order valence-electron chi connectivity index (χ0n) is 10.8. The van der Waals surface area contributed by atoms with Gasteiger partial charge < -0.3 is 10.2 Å². The highest BCUT2D eigenvalue weighted by Gasteiger charge is 2.34. The number of likely N-dealkylation sites (N-methyl/N-ethyl adjacent to an activating group) is 1. The monoisotopic (exact) mass is 310 g/mol. The van der Waals surface area contributed by atoms with Crippen LogP contribution in [-0.2, 0) is 4.79 Å². The Bertz CT molecular complexity index is 436. The van der Waals surface area contributed by atoms with Crippen LogP contribution in [0.25, 0.3) is 0 Å². The fourth-order valence-corrected chi connectivity index (χ4v) is 2.89. The number of likely N-dealkylation sites (tertiary alicyclic amines) is 1. The van der Waals surface area contributed by atoms with Crippen LogP contribution in [-0.4, -0.2) is 29.9 Å². The molecule has 4 heteroatoms. The SMILES string of the molecule is CCNC1CCN(C(C)c2cccc(Br)c2)C1=O. The van der Waals surface area contributed by atoms with E-state index in [0.717, 1.165) is 24.0 Å². The van der Waals surface area contributed by atoms with Crippen molar-refractivity contribution >= 4 is 21.8 Å². The number of rotatable bonds is 4. The van der Waals surface area contributed by atoms with Crippen LogP contribution in [0.2, 0.25) is 0 Å². The van der Waals surface area contributed by atoms with Crippen LogP contribution >= 0.6 is 15.9 Å². The molecule has 98 valence electrons. The molecule has 2 unspecified atom stereocenters. The number of amides is 1. The molecule has 3 nitrogen and oxygen atoms in total. The molecule has 1 saturated heterocycles. The van der Waals surface area contributed by atoms with E-state index in [2.05, 4.69) is 40.3 Å². The summed E-state index contributed by atoms with van der Waals surface area (Å²) < 4.78 is 1.06. The fourth-order valence-electron chi connectivity index (χ4n) is 2.47. The van der Waals surface area contributed by atoms with Crippen LogP contribution in [0.5, 0.6) is 0 Å². The average Bonchev–Trinajstić information content (AvgIpc) is 2.71. The third kappa shape index (κ3) is 2.75. The fraction of sp³-hybridized carbons (Fsp3) is 0.500. The first-order valence-electron chi connectivity index (χ1n) is 6.42. The second kappa shape index (κ2) is 5.85. The van der Waals surface area contributed by atoms with Gasteiger partial charge in [-0.05, 0) is 37.6 Å². The Hall–Kier alpha value is -0.870. The number of halogens is 1. The van der Waals surface area contributed by atoms with Crippen molar-refractivity contribution in [3.63, 3.8) is 0 Å². The molecule has 18 heavy (non-hydrogen) atoms. The number of carbonyl (C=O) groups is 1. The summed E-state index contributed by atoms with van der Waals surface area (Å²) in [5.74, 6) is 0.226. The Morgan fingerprint density at radius 3 is 3.00 bits per heavy atom. The van der Waals surface area contributed by atoms with Gasteiger partial charge in [-0.25, -0.2) is 0 Å². The van der Waals surface area contributed by atoms with E-state index in [-0.39, 0.29) is 18.0 Å². The molecule has 0 saturated carbocycles. The van der Waals surface area contributed by atoms with Crippen LogP contribution in [0, 0.1) is 0 Å². The zero-order valence-corrected chi connectivity index (χ0v) is 12.4. The number of nitrogens with zero attached hydrogens (tertiary/aromatic N) is 1. The summed E-state index contributed by atoms with van der Waals surface area (Å²) >= 11 is 3.48. The molecular formula is C14H19BrN2O. The van der Waals surface area contributed by atoms with Crippen LogP contribution in [0.15, 0.2) is 28.7 Å². The van der Waals surface area contributed by atoms with Gasteiger partial charge in [0.2, 0.25) is 5.91 Å². The van der Waals surface area contributed by atoms with Crippen molar-refractivity contribution in [2.24, 2.45) is 0 Å². The van der Waals surface area contributed by atoms with Gasteiger partial charge in [-0.1, -0.05) is 35.0 Å². The van der Waals surface area contributed by atoms with Gasteiger partial charge in [0.25, 0.3) is 0 Å². The van der Waals surface area contributed by atoms with Gasteiger partial charge in [0.15, 0.2) is 0 Å². The first kappa shape index (κ1) is 13.6. The molecule has 0 aromatic heterocycles. The first-order chi connectivity index (χ1) is 8.63. The lowest BCUT2D eigenvalue weighted by molar-refractivity contribution is -0.131. The maximum Gasteiger partial charge on any atom is 0.240 e. The van der Waals surface area contributed by atoms with Gasteiger partial charge in [0.1, 0.15) is 0 Å². The molecule has 1 aliphatic heterocycles. The zero-order chi connectivity index (χ0) is 13.1. The highest BCUT2D eigenvalue weighted by atomic mass is 79.9. The van der Waals surface area contributed by atoms with E-state index in [0.29, 0.717) is 0 Å². The summed E-state index contributed by atoms with van der Waals surface area (Å²) in [4.78, 5) is 14.2. The molecule has 0 aliphatic carbocycles. The maximum atomic E-state index is 12.2. The average molecular weight is 311 g/mol. The Morgan fingerprint density at radius 1 is 1.56 bits per heavy atom. The predicted molar refractivity (Wildman–Crippen MR) is 76.4 cm³/mol. The van der Waals surface area contributed by atoms with Gasteiger partial charge in [-0.15, -0.1) is 0 Å². The smallest absolute Gasteiger partial charge is 0.240 e. The molecule has 1 aliphatic rings. The molecule has 0 spiro atoms. The second-order valence-corrected chi connectivity index (χ2v) is 5.58. The molecule has 2 rings (SSSR count). The number of carbonyl (C=O) groups excluding carboxylic acids is 1. The molecule has 1 aromatic carbocycles. The second-order valence-electron chi connectivity index (χ2n) is 4.66. The normalized spacial score (nSPS) is 21.4. The van der Waals surface area contributed by atoms with Crippen molar-refractivity contribution in [1.82, 2.24) is 10.2 Å². The van der Waals surface area contributed by atoms with E-state index in [4.69, 9.17) is 0 Å². The minimum atomic E-state index is 0.00426. The number of hydrogen-bond acceptors (Lipinski definition) is 2. The molecule has 2 atom stereocenters. The first-order valence-corrected chi connectivity index (χ1v) is 7.22. The van der Waals surface area contributed by atoms with Crippen LogP contribution < -0.4 is 5.32 Å². The standard InChI is InChI=1S/C14H19BrN2O/c1-3-16-13-7-8-17(14(13)18)10(2)11-5-4-6-12(15)9-11/h4-6,9-10,13,16H,3,7-8H2,1-2H3. The molecule has 1 amide bonds. The van der Waals surface area contributed by atoms with Crippen molar-refractivity contribution in [3.05, 3.63) is 34.3 Å². The highest BCUT2D eigenvalue weighted by molar-refractivity contribution is 9.10. The molecule has 1 heterocycles. The van der Waals surface area contributed by atoms with E-state index >= 15 is 0 Å². The summed E-state index contributed by atoms with van der Waals surface area (Å²) in [6.07, 6.45) is 0.908. The van der Waals surface area contributed by atoms with Gasteiger partial charge >= 0.3 is 0 Å². The van der Waals surface area contributed by atoms with E-state index in [1.165, 1.54) is 5.56 Å². The number of benzene rings is 1. The minimum absolute atomic E-state index is 0.00426. The predicted octanol–water partition coefficient (Wildman–Crippen LogP) is 2.72. The van der Waals surface area contributed by atoms with Crippen molar-refractivity contribution in [2.45, 2.75) is 32.4 Å². The number of hydrogen-bond donors (Lipinski definition) is 1. The Morgan fingerprint density at radius 2 is 2.33 bits per heavy atom. The van der Waals surface area contributed by atoms with Gasteiger partial charge in [0, 0.05) is 11.0 Å². The number of nitrogens with one attached hydrogen (secondary N) is 1. The quantitative estimate of drug-likeness (QED) is 0.927. The van der Waals surface area contributed by atoms with E-state index in [9.17, 15) is 4.79 Å². The summed E-state index contributed by atoms with van der Waals surface area (Å²) in [5.41, 5.74) is 1.18. The van der Waals surface area contributed by atoms with Crippen LogP contribution in [0.1, 0.15) is 31.9 Å². The van der Waals surface area contributed by atoms with Crippen molar-refractivity contribution in [2.75, 3.05) is 13.1 Å². The lowest BCUT2D eigenvalue weighted by Gasteiger charge is -2.25. The van der Waals surface area contributed by atoms with E-state index in [1.54, 1.807) is 0 Å². The topological polar surface area (TPSA) is 32.3 Å². The van der Waals surface area contributed by atoms with Crippen LogP contribution in [0.3, 0.4) is 0 Å². The summed E-state index contributed by atoms with van der Waals surface area (Å²) in [6.45, 7) is 5.81. The van der Waals surface area contributed by atoms with E-state index in [1.807, 2.05) is 24.0 Å². The minimum Gasteiger partial charge on any atom is -0.335 e. The van der Waals surface area contributed by atoms with Gasteiger partial charge in [0.05, 0.1) is 12.1 Å². The van der Waals surface area contributed by atoms with Gasteiger partial charge in [-0.2, -0.15) is 0 Å². The Labute approximate surface area is 117 Å². The third-order valence-corrected chi connectivity index (χ3v) is 3.98.